The molecule has 0 heterocycles. The van der Waals surface area contributed by atoms with Crippen LogP contribution in [0.2, 0.25) is 0 Å². The molecule has 1 aliphatic carbocycles. The fourth-order valence-corrected chi connectivity index (χ4v) is 4.03. The standard InChI is InChI=1S/C26H41N3O5/c1-15-10-16(2)12-18(11-15)21(22(31)28-25(4,5)6)29(20-13-17(20)3)23(32)19(14-30)27-24(33)34-26(7,8)9/h10-12,17,19-21,30H,13-14H2,1-9H3,(H,27,33)(H,28,31). The van der Waals surface area contributed by atoms with Gasteiger partial charge in [0.15, 0.2) is 0 Å². The molecule has 3 amide bonds. The molecular formula is C26H41N3O5. The van der Waals surface area contributed by atoms with E-state index in [9.17, 15) is 19.5 Å². The van der Waals surface area contributed by atoms with E-state index in [0.29, 0.717) is 5.56 Å². The lowest BCUT2D eigenvalue weighted by Gasteiger charge is -2.36. The van der Waals surface area contributed by atoms with Crippen LogP contribution in [0, 0.1) is 19.8 Å². The van der Waals surface area contributed by atoms with Crippen molar-refractivity contribution in [2.45, 2.75) is 98.0 Å². The summed E-state index contributed by atoms with van der Waals surface area (Å²) in [6, 6.07) is 3.49. The van der Waals surface area contributed by atoms with Crippen molar-refractivity contribution >= 4 is 17.9 Å². The first-order valence-electron chi connectivity index (χ1n) is 11.8. The molecule has 0 bridgehead atoms. The van der Waals surface area contributed by atoms with Gasteiger partial charge in [-0.15, -0.1) is 0 Å². The molecule has 1 aromatic carbocycles. The Bertz CT molecular complexity index is 896. The Labute approximate surface area is 203 Å². The number of carbonyl (C=O) groups is 3. The summed E-state index contributed by atoms with van der Waals surface area (Å²) in [6.07, 6.45) is -0.0637. The maximum Gasteiger partial charge on any atom is 0.408 e. The zero-order valence-corrected chi connectivity index (χ0v) is 22.0. The molecule has 1 aromatic rings. The number of carbonyl (C=O) groups excluding carboxylic acids is 3. The summed E-state index contributed by atoms with van der Waals surface area (Å²) in [5.41, 5.74) is 1.38. The van der Waals surface area contributed by atoms with Crippen molar-refractivity contribution in [1.29, 1.82) is 0 Å². The van der Waals surface area contributed by atoms with Crippen LogP contribution in [0.5, 0.6) is 0 Å². The molecule has 1 aliphatic rings. The van der Waals surface area contributed by atoms with Crippen molar-refractivity contribution in [3.05, 3.63) is 34.9 Å². The minimum absolute atomic E-state index is 0.182. The molecule has 0 radical (unpaired) electrons. The van der Waals surface area contributed by atoms with Crippen LogP contribution in [-0.4, -0.2) is 57.7 Å². The minimum atomic E-state index is -1.24. The van der Waals surface area contributed by atoms with Gasteiger partial charge in [-0.2, -0.15) is 0 Å². The molecule has 3 N–H and O–H groups in total. The molecule has 2 rings (SSSR count). The number of aliphatic hydroxyl groups is 1. The topological polar surface area (TPSA) is 108 Å². The van der Waals surface area contributed by atoms with Crippen LogP contribution in [0.1, 0.15) is 77.6 Å². The number of aliphatic hydroxyl groups excluding tert-OH is 1. The van der Waals surface area contributed by atoms with E-state index in [4.69, 9.17) is 4.74 Å². The molecule has 8 heteroatoms. The highest BCUT2D eigenvalue weighted by atomic mass is 16.6. The summed E-state index contributed by atoms with van der Waals surface area (Å²) in [7, 11) is 0. The van der Waals surface area contributed by atoms with Crippen LogP contribution in [0.4, 0.5) is 4.79 Å². The maximum absolute atomic E-state index is 13.8. The zero-order chi connectivity index (χ0) is 26.0. The molecule has 0 aliphatic heterocycles. The number of hydrogen-bond acceptors (Lipinski definition) is 5. The van der Waals surface area contributed by atoms with Crippen LogP contribution >= 0.6 is 0 Å². The summed E-state index contributed by atoms with van der Waals surface area (Å²) >= 11 is 0. The maximum atomic E-state index is 13.8. The lowest BCUT2D eigenvalue weighted by Crippen LogP contribution is -2.56. The average Bonchev–Trinajstić information content (AvgIpc) is 3.35. The largest absolute Gasteiger partial charge is 0.444 e. The fourth-order valence-electron chi connectivity index (χ4n) is 4.03. The number of alkyl carbamates (subject to hydrolysis) is 1. The van der Waals surface area contributed by atoms with Gasteiger partial charge in [-0.05, 0) is 73.3 Å². The van der Waals surface area contributed by atoms with E-state index in [1.807, 2.05) is 59.7 Å². The molecule has 0 aromatic heterocycles. The number of ether oxygens (including phenoxy) is 1. The van der Waals surface area contributed by atoms with Crippen LogP contribution in [0.3, 0.4) is 0 Å². The molecule has 4 atom stereocenters. The van der Waals surface area contributed by atoms with Crippen molar-refractivity contribution in [3.8, 4) is 0 Å². The Kier molecular flexibility index (Phi) is 8.40. The van der Waals surface area contributed by atoms with Crippen molar-refractivity contribution in [2.24, 2.45) is 5.92 Å². The Morgan fingerprint density at radius 1 is 1.09 bits per heavy atom. The third kappa shape index (κ3) is 7.72. The number of aryl methyl sites for hydroxylation is 2. The van der Waals surface area contributed by atoms with Gasteiger partial charge in [-0.25, -0.2) is 4.79 Å². The zero-order valence-electron chi connectivity index (χ0n) is 22.0. The number of nitrogens with zero attached hydrogens (tertiary/aromatic N) is 1. The first-order chi connectivity index (χ1) is 15.5. The van der Waals surface area contributed by atoms with E-state index in [0.717, 1.165) is 17.5 Å². The molecule has 190 valence electrons. The summed E-state index contributed by atoms with van der Waals surface area (Å²) in [5.74, 6) is -0.629. The Balaban J connectivity index is 2.49. The van der Waals surface area contributed by atoms with Crippen molar-refractivity contribution < 1.29 is 24.2 Å². The number of hydrogen-bond donors (Lipinski definition) is 3. The number of amides is 3. The molecule has 1 saturated carbocycles. The van der Waals surface area contributed by atoms with E-state index >= 15 is 0 Å². The summed E-state index contributed by atoms with van der Waals surface area (Å²) in [5, 5.41) is 15.5. The highest BCUT2D eigenvalue weighted by Gasteiger charge is 2.48. The predicted octanol–water partition coefficient (Wildman–Crippen LogP) is 3.38. The lowest BCUT2D eigenvalue weighted by atomic mass is 9.97. The molecule has 1 fully saturated rings. The molecule has 34 heavy (non-hydrogen) atoms. The van der Waals surface area contributed by atoms with Crippen molar-refractivity contribution in [1.82, 2.24) is 15.5 Å². The van der Waals surface area contributed by atoms with Crippen LogP contribution in [0.15, 0.2) is 18.2 Å². The third-order valence-electron chi connectivity index (χ3n) is 5.43. The fraction of sp³-hybridized carbons (Fsp3) is 0.654. The SMILES string of the molecule is Cc1cc(C)cc(C(C(=O)NC(C)(C)C)N(C(=O)C(CO)NC(=O)OC(C)(C)C)C2CC2C)c1. The minimum Gasteiger partial charge on any atom is -0.444 e. The van der Waals surface area contributed by atoms with E-state index in [1.54, 1.807) is 20.8 Å². The normalized spacial score (nSPS) is 19.6. The average molecular weight is 476 g/mol. The molecule has 8 nitrogen and oxygen atoms in total. The monoisotopic (exact) mass is 475 g/mol. The van der Waals surface area contributed by atoms with Gasteiger partial charge in [-0.3, -0.25) is 9.59 Å². The Hall–Kier alpha value is -2.61. The quantitative estimate of drug-likeness (QED) is 0.560. The Morgan fingerprint density at radius 2 is 1.62 bits per heavy atom. The second-order valence-electron chi connectivity index (χ2n) is 11.5. The lowest BCUT2D eigenvalue weighted by molar-refractivity contribution is -0.144. The summed E-state index contributed by atoms with van der Waals surface area (Å²) in [4.78, 5) is 41.3. The van der Waals surface area contributed by atoms with Gasteiger partial charge in [0.1, 0.15) is 17.7 Å². The predicted molar refractivity (Wildman–Crippen MR) is 131 cm³/mol. The highest BCUT2D eigenvalue weighted by Crippen LogP contribution is 2.41. The van der Waals surface area contributed by atoms with Gasteiger partial charge in [-0.1, -0.05) is 36.2 Å². The second kappa shape index (κ2) is 10.3. The van der Waals surface area contributed by atoms with Crippen LogP contribution in [-0.2, 0) is 14.3 Å². The van der Waals surface area contributed by atoms with Gasteiger partial charge in [0.25, 0.3) is 0 Å². The van der Waals surface area contributed by atoms with Crippen LogP contribution in [0.25, 0.3) is 0 Å². The van der Waals surface area contributed by atoms with Gasteiger partial charge in [0, 0.05) is 11.6 Å². The summed E-state index contributed by atoms with van der Waals surface area (Å²) < 4.78 is 5.28. The smallest absolute Gasteiger partial charge is 0.408 e. The second-order valence-corrected chi connectivity index (χ2v) is 11.5. The molecule has 0 saturated heterocycles. The Morgan fingerprint density at radius 3 is 2.03 bits per heavy atom. The van der Waals surface area contributed by atoms with Gasteiger partial charge in [0.2, 0.25) is 11.8 Å². The van der Waals surface area contributed by atoms with Crippen molar-refractivity contribution in [3.63, 3.8) is 0 Å². The van der Waals surface area contributed by atoms with E-state index in [1.165, 1.54) is 4.90 Å². The van der Waals surface area contributed by atoms with Gasteiger partial charge in [0.05, 0.1) is 6.61 Å². The number of rotatable bonds is 7. The third-order valence-corrected chi connectivity index (χ3v) is 5.43. The molecule has 0 spiro atoms. The number of nitrogens with one attached hydrogen (secondary N) is 2. The van der Waals surface area contributed by atoms with E-state index < -0.39 is 41.8 Å². The van der Waals surface area contributed by atoms with E-state index in [-0.39, 0.29) is 17.9 Å². The first kappa shape index (κ1) is 27.6. The first-order valence-corrected chi connectivity index (χ1v) is 11.8. The van der Waals surface area contributed by atoms with Crippen LogP contribution < -0.4 is 10.6 Å². The number of benzene rings is 1. The molecular weight excluding hydrogens is 434 g/mol. The van der Waals surface area contributed by atoms with Gasteiger partial charge >= 0.3 is 6.09 Å². The highest BCUT2D eigenvalue weighted by molar-refractivity contribution is 5.93. The van der Waals surface area contributed by atoms with Gasteiger partial charge < -0.3 is 25.4 Å². The molecule has 4 unspecified atom stereocenters. The van der Waals surface area contributed by atoms with Crippen molar-refractivity contribution in [2.75, 3.05) is 6.61 Å². The summed E-state index contributed by atoms with van der Waals surface area (Å²) in [6.45, 7) is 16.1. The van der Waals surface area contributed by atoms with E-state index in [2.05, 4.69) is 10.6 Å².